The maximum Gasteiger partial charge on any atom is 0.164 e. The summed E-state index contributed by atoms with van der Waals surface area (Å²) in [7, 11) is 0. The van der Waals surface area contributed by atoms with E-state index in [9.17, 15) is 0 Å². The van der Waals surface area contributed by atoms with Crippen LogP contribution in [0.5, 0.6) is 0 Å². The number of rotatable bonds is 4. The third-order valence-electron chi connectivity index (χ3n) is 3.22. The Morgan fingerprint density at radius 3 is 2.75 bits per heavy atom. The van der Waals surface area contributed by atoms with Crippen LogP contribution in [0, 0.1) is 0 Å². The van der Waals surface area contributed by atoms with Gasteiger partial charge in [-0.05, 0) is 5.92 Å². The summed E-state index contributed by atoms with van der Waals surface area (Å²) in [5.74, 6) is 1.22. The maximum atomic E-state index is 4.64. The van der Waals surface area contributed by atoms with E-state index in [-0.39, 0.29) is 0 Å². The minimum Gasteiger partial charge on any atom is -0.309 e. The van der Waals surface area contributed by atoms with Crippen molar-refractivity contribution in [1.29, 1.82) is 0 Å². The molecule has 6 heteroatoms. The molecule has 0 spiro atoms. The standard InChI is InChI=1S/C14H17N5S/c1-4-11-17-12(9(2)3)13-14(18-11)19(7-15-13)5-10-6-20-8-16-10/h6-9H,4-5H2,1-3H3. The molecule has 0 N–H and O–H groups in total. The van der Waals surface area contributed by atoms with Crippen LogP contribution in [-0.4, -0.2) is 24.5 Å². The minimum absolute atomic E-state index is 0.341. The van der Waals surface area contributed by atoms with Crippen molar-refractivity contribution in [3.63, 3.8) is 0 Å². The average Bonchev–Trinajstić information content (AvgIpc) is 3.08. The van der Waals surface area contributed by atoms with Gasteiger partial charge in [-0.3, -0.25) is 0 Å². The molecule has 0 aliphatic rings. The summed E-state index contributed by atoms with van der Waals surface area (Å²) >= 11 is 1.60. The predicted molar refractivity (Wildman–Crippen MR) is 80.0 cm³/mol. The van der Waals surface area contributed by atoms with Gasteiger partial charge >= 0.3 is 0 Å². The second-order valence-electron chi connectivity index (χ2n) is 5.06. The van der Waals surface area contributed by atoms with Gasteiger partial charge in [-0.15, -0.1) is 11.3 Å². The Labute approximate surface area is 121 Å². The molecule has 0 aromatic carbocycles. The summed E-state index contributed by atoms with van der Waals surface area (Å²) in [6.45, 7) is 7.06. The van der Waals surface area contributed by atoms with E-state index in [0.29, 0.717) is 12.5 Å². The molecule has 0 aliphatic carbocycles. The summed E-state index contributed by atoms with van der Waals surface area (Å²) in [6, 6.07) is 0. The Balaban J connectivity index is 2.12. The Hall–Kier alpha value is -1.82. The molecule has 3 rings (SSSR count). The number of fused-ring (bicyclic) bond motifs is 1. The molecule has 0 amide bonds. The lowest BCUT2D eigenvalue weighted by molar-refractivity contribution is 0.775. The van der Waals surface area contributed by atoms with Gasteiger partial charge in [-0.25, -0.2) is 19.9 Å². The molecule has 3 aromatic heterocycles. The molecule has 0 fully saturated rings. The van der Waals surface area contributed by atoms with E-state index in [1.807, 2.05) is 11.8 Å². The Morgan fingerprint density at radius 1 is 1.25 bits per heavy atom. The highest BCUT2D eigenvalue weighted by Gasteiger charge is 2.15. The van der Waals surface area contributed by atoms with Crippen molar-refractivity contribution >= 4 is 22.5 Å². The van der Waals surface area contributed by atoms with Gasteiger partial charge in [-0.2, -0.15) is 0 Å². The van der Waals surface area contributed by atoms with Crippen LogP contribution >= 0.6 is 11.3 Å². The molecule has 0 radical (unpaired) electrons. The molecular weight excluding hydrogens is 270 g/mol. The van der Waals surface area contributed by atoms with Crippen LogP contribution in [0.4, 0.5) is 0 Å². The van der Waals surface area contributed by atoms with Gasteiger partial charge in [0.15, 0.2) is 5.65 Å². The van der Waals surface area contributed by atoms with Crippen molar-refractivity contribution in [3.05, 3.63) is 34.4 Å². The van der Waals surface area contributed by atoms with Gasteiger partial charge in [0.2, 0.25) is 0 Å². The highest BCUT2D eigenvalue weighted by Crippen LogP contribution is 2.22. The fourth-order valence-corrected chi connectivity index (χ4v) is 2.73. The van der Waals surface area contributed by atoms with Crippen LogP contribution in [0.3, 0.4) is 0 Å². The number of hydrogen-bond donors (Lipinski definition) is 0. The Morgan fingerprint density at radius 2 is 2.10 bits per heavy atom. The van der Waals surface area contributed by atoms with Gasteiger partial charge in [0.25, 0.3) is 0 Å². The molecule has 104 valence electrons. The number of aromatic nitrogens is 5. The monoisotopic (exact) mass is 287 g/mol. The molecule has 3 aromatic rings. The molecule has 0 saturated carbocycles. The van der Waals surface area contributed by atoms with Gasteiger partial charge in [0, 0.05) is 11.8 Å². The van der Waals surface area contributed by atoms with Crippen LogP contribution in [0.2, 0.25) is 0 Å². The fourth-order valence-electron chi connectivity index (χ4n) is 2.18. The molecule has 3 heterocycles. The number of imidazole rings is 1. The normalized spacial score (nSPS) is 11.6. The topological polar surface area (TPSA) is 56.5 Å². The second-order valence-corrected chi connectivity index (χ2v) is 5.78. The van der Waals surface area contributed by atoms with E-state index in [2.05, 4.69) is 50.7 Å². The highest BCUT2D eigenvalue weighted by molar-refractivity contribution is 7.07. The Bertz CT molecular complexity index is 715. The van der Waals surface area contributed by atoms with Crippen molar-refractivity contribution in [1.82, 2.24) is 24.5 Å². The SMILES string of the molecule is CCc1nc(C(C)C)c2ncn(Cc3cscn3)c2n1. The maximum absolute atomic E-state index is 4.64. The predicted octanol–water partition coefficient (Wildman–Crippen LogP) is 3.02. The molecule has 0 bridgehead atoms. The molecule has 0 aliphatic heterocycles. The van der Waals surface area contributed by atoms with Crippen LogP contribution < -0.4 is 0 Å². The average molecular weight is 287 g/mol. The lowest BCUT2D eigenvalue weighted by Crippen LogP contribution is -2.05. The number of nitrogens with zero attached hydrogens (tertiary/aromatic N) is 5. The molecule has 0 atom stereocenters. The fraction of sp³-hybridized carbons (Fsp3) is 0.429. The zero-order valence-electron chi connectivity index (χ0n) is 11.9. The smallest absolute Gasteiger partial charge is 0.164 e. The first kappa shape index (κ1) is 13.2. The zero-order valence-corrected chi connectivity index (χ0v) is 12.7. The van der Waals surface area contributed by atoms with Crippen molar-refractivity contribution in [3.8, 4) is 0 Å². The molecular formula is C14H17N5S. The summed E-state index contributed by atoms with van der Waals surface area (Å²) in [6.07, 6.45) is 2.67. The van der Waals surface area contributed by atoms with E-state index < -0.39 is 0 Å². The van der Waals surface area contributed by atoms with Gasteiger partial charge in [-0.1, -0.05) is 20.8 Å². The first-order valence-corrected chi connectivity index (χ1v) is 7.72. The molecule has 0 saturated heterocycles. The second kappa shape index (κ2) is 5.28. The van der Waals surface area contributed by atoms with E-state index in [1.54, 1.807) is 11.3 Å². The van der Waals surface area contributed by atoms with E-state index in [0.717, 1.165) is 34.8 Å². The van der Waals surface area contributed by atoms with Crippen molar-refractivity contribution < 1.29 is 0 Å². The molecule has 20 heavy (non-hydrogen) atoms. The van der Waals surface area contributed by atoms with Gasteiger partial charge in [0.1, 0.15) is 11.3 Å². The van der Waals surface area contributed by atoms with E-state index in [1.165, 1.54) is 0 Å². The van der Waals surface area contributed by atoms with Gasteiger partial charge in [0.05, 0.1) is 29.8 Å². The lowest BCUT2D eigenvalue weighted by atomic mass is 10.1. The highest BCUT2D eigenvalue weighted by atomic mass is 32.1. The molecule has 5 nitrogen and oxygen atoms in total. The van der Waals surface area contributed by atoms with Crippen molar-refractivity contribution in [2.24, 2.45) is 0 Å². The summed E-state index contributed by atoms with van der Waals surface area (Å²) in [5.41, 5.74) is 5.74. The van der Waals surface area contributed by atoms with Crippen LogP contribution in [-0.2, 0) is 13.0 Å². The van der Waals surface area contributed by atoms with Crippen molar-refractivity contribution in [2.45, 2.75) is 39.7 Å². The quantitative estimate of drug-likeness (QED) is 0.740. The third-order valence-corrected chi connectivity index (χ3v) is 3.85. The van der Waals surface area contributed by atoms with Crippen LogP contribution in [0.15, 0.2) is 17.2 Å². The molecule has 0 unspecified atom stereocenters. The van der Waals surface area contributed by atoms with E-state index in [4.69, 9.17) is 0 Å². The summed E-state index contributed by atoms with van der Waals surface area (Å²) < 4.78 is 2.05. The van der Waals surface area contributed by atoms with E-state index >= 15 is 0 Å². The minimum atomic E-state index is 0.341. The number of aryl methyl sites for hydroxylation is 1. The number of hydrogen-bond acceptors (Lipinski definition) is 5. The Kier molecular flexibility index (Phi) is 3.48. The lowest BCUT2D eigenvalue weighted by Gasteiger charge is -2.08. The first-order valence-electron chi connectivity index (χ1n) is 6.77. The van der Waals surface area contributed by atoms with Gasteiger partial charge < -0.3 is 4.57 Å². The summed E-state index contributed by atoms with van der Waals surface area (Å²) in [4.78, 5) is 18.1. The third kappa shape index (κ3) is 2.31. The van der Waals surface area contributed by atoms with Crippen LogP contribution in [0.1, 0.15) is 43.9 Å². The zero-order chi connectivity index (χ0) is 14.1. The first-order chi connectivity index (χ1) is 9.69. The van der Waals surface area contributed by atoms with Crippen LogP contribution in [0.25, 0.3) is 11.2 Å². The largest absolute Gasteiger partial charge is 0.309 e. The van der Waals surface area contributed by atoms with Crippen molar-refractivity contribution in [2.75, 3.05) is 0 Å². The summed E-state index contributed by atoms with van der Waals surface area (Å²) in [5, 5.41) is 2.05. The number of thiazole rings is 1.